The van der Waals surface area contributed by atoms with Crippen molar-refractivity contribution < 1.29 is 0 Å². The minimum atomic E-state index is -0.362. The molecule has 0 spiro atoms. The predicted octanol–water partition coefficient (Wildman–Crippen LogP) is 2.07. The predicted molar refractivity (Wildman–Crippen MR) is 84.2 cm³/mol. The number of hydrogen-bond donors (Lipinski definition) is 1. The summed E-state index contributed by atoms with van der Waals surface area (Å²) < 4.78 is 1.51. The zero-order chi connectivity index (χ0) is 15.4. The van der Waals surface area contributed by atoms with Gasteiger partial charge >= 0.3 is 5.69 Å². The zero-order valence-electron chi connectivity index (χ0n) is 12.1. The maximum atomic E-state index is 12.1. The van der Waals surface area contributed by atoms with Gasteiger partial charge in [-0.3, -0.25) is 9.58 Å². The van der Waals surface area contributed by atoms with Crippen LogP contribution in [0.4, 0.5) is 5.95 Å². The van der Waals surface area contributed by atoms with Crippen LogP contribution >= 0.6 is 11.6 Å². The molecule has 7 heteroatoms. The highest BCUT2D eigenvalue weighted by Gasteiger charge is 2.13. The molecule has 2 rings (SSSR count). The molecule has 0 radical (unpaired) electrons. The van der Waals surface area contributed by atoms with E-state index in [-0.39, 0.29) is 11.6 Å². The maximum Gasteiger partial charge on any atom is 0.352 e. The molecule has 1 heterocycles. The summed E-state index contributed by atoms with van der Waals surface area (Å²) in [7, 11) is 0. The van der Waals surface area contributed by atoms with E-state index < -0.39 is 0 Å². The number of benzene rings is 1. The fourth-order valence-corrected chi connectivity index (χ4v) is 2.12. The van der Waals surface area contributed by atoms with Crippen LogP contribution in [-0.2, 0) is 6.54 Å². The Hall–Kier alpha value is -1.92. The van der Waals surface area contributed by atoms with Crippen molar-refractivity contribution >= 4 is 17.5 Å². The van der Waals surface area contributed by atoms with Crippen molar-refractivity contribution in [1.29, 1.82) is 0 Å². The van der Waals surface area contributed by atoms with Crippen LogP contribution in [0.2, 0.25) is 5.02 Å². The highest BCUT2D eigenvalue weighted by Crippen LogP contribution is 2.20. The van der Waals surface area contributed by atoms with Crippen molar-refractivity contribution in [2.45, 2.75) is 26.8 Å². The van der Waals surface area contributed by atoms with Gasteiger partial charge in [0.25, 0.3) is 0 Å². The van der Waals surface area contributed by atoms with Gasteiger partial charge in [-0.1, -0.05) is 18.5 Å². The lowest BCUT2D eigenvalue weighted by molar-refractivity contribution is 0.669. The topological polar surface area (TPSA) is 77.0 Å². The van der Waals surface area contributed by atoms with Crippen molar-refractivity contribution in [3.8, 4) is 11.4 Å². The van der Waals surface area contributed by atoms with E-state index in [9.17, 15) is 4.79 Å². The molecule has 0 bridgehead atoms. The normalized spacial score (nSPS) is 10.7. The Morgan fingerprint density at radius 2 is 1.90 bits per heavy atom. The standard InChI is InChI=1S/C14H18ClN5O/c1-3-9-20(16)13-17-12(19(4-2)14(21)18-13)10-5-7-11(15)8-6-10/h5-8H,3-4,9,16H2,1-2H3. The van der Waals surface area contributed by atoms with Gasteiger partial charge in [0.1, 0.15) is 5.82 Å². The van der Waals surface area contributed by atoms with Crippen LogP contribution in [0.15, 0.2) is 29.1 Å². The van der Waals surface area contributed by atoms with Gasteiger partial charge in [0, 0.05) is 23.7 Å². The quantitative estimate of drug-likeness (QED) is 0.676. The highest BCUT2D eigenvalue weighted by atomic mass is 35.5. The molecular formula is C14H18ClN5O. The molecule has 2 aromatic rings. The lowest BCUT2D eigenvalue weighted by atomic mass is 10.2. The number of hydrogen-bond acceptors (Lipinski definition) is 5. The minimum absolute atomic E-state index is 0.233. The van der Waals surface area contributed by atoms with Crippen molar-refractivity contribution in [2.24, 2.45) is 5.84 Å². The van der Waals surface area contributed by atoms with E-state index in [2.05, 4.69) is 9.97 Å². The number of aromatic nitrogens is 3. The van der Waals surface area contributed by atoms with E-state index in [0.717, 1.165) is 12.0 Å². The average Bonchev–Trinajstić information content (AvgIpc) is 2.47. The van der Waals surface area contributed by atoms with Crippen LogP contribution in [0, 0.1) is 0 Å². The largest absolute Gasteiger partial charge is 0.352 e. The summed E-state index contributed by atoms with van der Waals surface area (Å²) in [6, 6.07) is 7.16. The van der Waals surface area contributed by atoms with Crippen molar-refractivity contribution in [3.05, 3.63) is 39.8 Å². The summed E-state index contributed by atoms with van der Waals surface area (Å²) >= 11 is 5.90. The third-order valence-electron chi connectivity index (χ3n) is 3.03. The number of nitrogens with zero attached hydrogens (tertiary/aromatic N) is 4. The summed E-state index contributed by atoms with van der Waals surface area (Å²) in [5.41, 5.74) is 0.436. The molecule has 0 aliphatic carbocycles. The summed E-state index contributed by atoms with van der Waals surface area (Å²) in [4.78, 5) is 20.5. The second kappa shape index (κ2) is 6.69. The Morgan fingerprint density at radius 3 is 2.48 bits per heavy atom. The first-order valence-electron chi connectivity index (χ1n) is 6.83. The van der Waals surface area contributed by atoms with Crippen LogP contribution in [-0.4, -0.2) is 21.1 Å². The number of anilines is 1. The molecule has 1 aromatic heterocycles. The van der Waals surface area contributed by atoms with Gasteiger partial charge in [0.05, 0.1) is 0 Å². The summed E-state index contributed by atoms with van der Waals surface area (Å²) in [6.45, 7) is 4.93. The van der Waals surface area contributed by atoms with E-state index in [1.807, 2.05) is 26.0 Å². The molecule has 6 nitrogen and oxygen atoms in total. The van der Waals surface area contributed by atoms with Gasteiger partial charge in [0.15, 0.2) is 0 Å². The third-order valence-corrected chi connectivity index (χ3v) is 3.28. The molecule has 0 aliphatic heterocycles. The molecule has 0 fully saturated rings. The third kappa shape index (κ3) is 3.40. The van der Waals surface area contributed by atoms with Crippen molar-refractivity contribution in [1.82, 2.24) is 14.5 Å². The van der Waals surface area contributed by atoms with E-state index >= 15 is 0 Å². The Kier molecular flexibility index (Phi) is 4.93. The van der Waals surface area contributed by atoms with Gasteiger partial charge < -0.3 is 0 Å². The van der Waals surface area contributed by atoms with Crippen LogP contribution in [0.25, 0.3) is 11.4 Å². The first-order chi connectivity index (χ1) is 10.1. The molecule has 1 aromatic carbocycles. The van der Waals surface area contributed by atoms with Crippen LogP contribution in [0.1, 0.15) is 20.3 Å². The smallest absolute Gasteiger partial charge is 0.279 e. The first kappa shape index (κ1) is 15.5. The van der Waals surface area contributed by atoms with Gasteiger partial charge in [-0.25, -0.2) is 10.6 Å². The fraction of sp³-hybridized carbons (Fsp3) is 0.357. The molecule has 0 atom stereocenters. The molecule has 21 heavy (non-hydrogen) atoms. The molecular weight excluding hydrogens is 290 g/mol. The molecule has 2 N–H and O–H groups in total. The lowest BCUT2D eigenvalue weighted by Crippen LogP contribution is -2.37. The van der Waals surface area contributed by atoms with Crippen molar-refractivity contribution in [2.75, 3.05) is 11.6 Å². The van der Waals surface area contributed by atoms with E-state index in [1.165, 1.54) is 9.58 Å². The zero-order valence-corrected chi connectivity index (χ0v) is 12.8. The van der Waals surface area contributed by atoms with Gasteiger partial charge in [-0.15, -0.1) is 0 Å². The Bertz CT molecular complexity index is 668. The van der Waals surface area contributed by atoms with Crippen molar-refractivity contribution in [3.63, 3.8) is 0 Å². The van der Waals surface area contributed by atoms with E-state index in [1.54, 1.807) is 12.1 Å². The highest BCUT2D eigenvalue weighted by molar-refractivity contribution is 6.30. The minimum Gasteiger partial charge on any atom is -0.279 e. The second-order valence-corrected chi connectivity index (χ2v) is 5.01. The SMILES string of the molecule is CCCN(N)c1nc(-c2ccc(Cl)cc2)n(CC)c(=O)n1. The lowest BCUT2D eigenvalue weighted by Gasteiger charge is -2.17. The van der Waals surface area contributed by atoms with Crippen LogP contribution in [0.5, 0.6) is 0 Å². The van der Waals surface area contributed by atoms with Crippen LogP contribution in [0.3, 0.4) is 0 Å². The summed E-state index contributed by atoms with van der Waals surface area (Å²) in [5.74, 6) is 6.65. The summed E-state index contributed by atoms with van der Waals surface area (Å²) in [6.07, 6.45) is 0.840. The average molecular weight is 308 g/mol. The molecule has 0 saturated carbocycles. The number of hydrazine groups is 1. The Balaban J connectivity index is 2.56. The van der Waals surface area contributed by atoms with Gasteiger partial charge in [0.2, 0.25) is 5.95 Å². The second-order valence-electron chi connectivity index (χ2n) is 4.57. The van der Waals surface area contributed by atoms with E-state index in [4.69, 9.17) is 17.4 Å². The van der Waals surface area contributed by atoms with Crippen LogP contribution < -0.4 is 16.5 Å². The van der Waals surface area contributed by atoms with E-state index in [0.29, 0.717) is 23.9 Å². The molecule has 112 valence electrons. The maximum absolute atomic E-state index is 12.1. The number of nitrogens with two attached hydrogens (primary N) is 1. The first-order valence-corrected chi connectivity index (χ1v) is 7.21. The Labute approximate surface area is 128 Å². The number of halogens is 1. The van der Waals surface area contributed by atoms with Gasteiger partial charge in [-0.05, 0) is 37.6 Å². The molecule has 0 aliphatic rings. The van der Waals surface area contributed by atoms with Gasteiger partial charge in [-0.2, -0.15) is 9.97 Å². The Morgan fingerprint density at radius 1 is 1.24 bits per heavy atom. The molecule has 0 saturated heterocycles. The molecule has 0 unspecified atom stereocenters. The fourth-order valence-electron chi connectivity index (χ4n) is 1.99. The molecule has 0 amide bonds. The monoisotopic (exact) mass is 307 g/mol. The number of rotatable bonds is 5. The summed E-state index contributed by atoms with van der Waals surface area (Å²) in [5, 5.41) is 2.02.